The Bertz CT molecular complexity index is 1090. The number of halogens is 4. The maximum atomic E-state index is 13.8. The highest BCUT2D eigenvalue weighted by atomic mass is 35.5. The minimum absolute atomic E-state index is 0.00824. The van der Waals surface area contributed by atoms with Gasteiger partial charge in [-0.25, -0.2) is 4.68 Å². The Morgan fingerprint density at radius 2 is 1.77 bits per heavy atom. The quantitative estimate of drug-likeness (QED) is 0.530. The van der Waals surface area contributed by atoms with Crippen LogP contribution in [0.25, 0.3) is 16.9 Å². The third kappa shape index (κ3) is 3.92. The third-order valence-corrected chi connectivity index (χ3v) is 5.52. The van der Waals surface area contributed by atoms with Crippen LogP contribution in [0.3, 0.4) is 0 Å². The zero-order valence-corrected chi connectivity index (χ0v) is 17.8. The minimum Gasteiger partial charge on any atom is -0.496 e. The number of nitrogens with zero attached hydrogens (tertiary/aromatic N) is 2. The Labute approximate surface area is 182 Å². The second kappa shape index (κ2) is 8.34. The van der Waals surface area contributed by atoms with E-state index in [1.165, 1.54) is 31.0 Å². The molecule has 1 N–H and O–H groups in total. The highest BCUT2D eigenvalue weighted by Crippen LogP contribution is 2.44. The predicted octanol–water partition coefficient (Wildman–Crippen LogP) is 5.98. The summed E-state index contributed by atoms with van der Waals surface area (Å²) >= 11 is 5.88. The zero-order valence-electron chi connectivity index (χ0n) is 17.0. The van der Waals surface area contributed by atoms with Crippen LogP contribution in [-0.4, -0.2) is 30.5 Å². The lowest BCUT2D eigenvalue weighted by atomic mass is 10.0. The Morgan fingerprint density at radius 3 is 2.42 bits per heavy atom. The minimum atomic E-state index is -4.59. The van der Waals surface area contributed by atoms with Gasteiger partial charge in [-0.2, -0.15) is 18.3 Å². The SMILES string of the molecule is COc1cccc(OC)c1-c1nn(-c2ccc(Cl)cc2C(F)(F)F)c2c1CCCCN2. The number of fused-ring (bicyclic) bond motifs is 1. The van der Waals surface area contributed by atoms with Crippen LogP contribution < -0.4 is 14.8 Å². The van der Waals surface area contributed by atoms with Crippen molar-refractivity contribution in [1.82, 2.24) is 9.78 Å². The lowest BCUT2D eigenvalue weighted by Crippen LogP contribution is -2.14. The molecule has 4 rings (SSSR count). The molecule has 9 heteroatoms. The summed E-state index contributed by atoms with van der Waals surface area (Å²) in [6.45, 7) is 0.635. The Kier molecular flexibility index (Phi) is 5.75. The molecule has 2 aromatic carbocycles. The number of alkyl halides is 3. The lowest BCUT2D eigenvalue weighted by Gasteiger charge is -2.16. The molecule has 5 nitrogen and oxygen atoms in total. The second-order valence-electron chi connectivity index (χ2n) is 7.17. The standard InChI is InChI=1S/C22H21ClF3N3O2/c1-30-17-7-5-8-18(31-2)19(17)20-14-6-3-4-11-27-21(14)29(28-20)16-10-9-13(23)12-15(16)22(24,25)26/h5,7-10,12,27H,3-4,6,11H2,1-2H3. The summed E-state index contributed by atoms with van der Waals surface area (Å²) < 4.78 is 53.9. The van der Waals surface area contributed by atoms with Crippen LogP contribution in [0.2, 0.25) is 5.02 Å². The van der Waals surface area contributed by atoms with Crippen molar-refractivity contribution >= 4 is 17.4 Å². The van der Waals surface area contributed by atoms with Crippen molar-refractivity contribution in [2.45, 2.75) is 25.4 Å². The van der Waals surface area contributed by atoms with Crippen molar-refractivity contribution < 1.29 is 22.6 Å². The van der Waals surface area contributed by atoms with E-state index in [4.69, 9.17) is 21.1 Å². The van der Waals surface area contributed by atoms with Gasteiger partial charge in [-0.1, -0.05) is 17.7 Å². The molecule has 0 saturated carbocycles. The summed E-state index contributed by atoms with van der Waals surface area (Å²) in [7, 11) is 3.07. The Balaban J connectivity index is 2.02. The fourth-order valence-corrected chi connectivity index (χ4v) is 4.05. The fraction of sp³-hybridized carbons (Fsp3) is 0.318. The van der Waals surface area contributed by atoms with Gasteiger partial charge in [0.25, 0.3) is 0 Å². The van der Waals surface area contributed by atoms with Gasteiger partial charge in [0.1, 0.15) is 23.0 Å². The van der Waals surface area contributed by atoms with Gasteiger partial charge < -0.3 is 14.8 Å². The first-order valence-electron chi connectivity index (χ1n) is 9.79. The second-order valence-corrected chi connectivity index (χ2v) is 7.60. The first-order valence-corrected chi connectivity index (χ1v) is 10.2. The van der Waals surface area contributed by atoms with E-state index in [9.17, 15) is 13.2 Å². The van der Waals surface area contributed by atoms with Crippen LogP contribution in [0.5, 0.6) is 11.5 Å². The molecule has 0 radical (unpaired) electrons. The average molecular weight is 452 g/mol. The smallest absolute Gasteiger partial charge is 0.418 e. The van der Waals surface area contributed by atoms with Crippen LogP contribution in [0.15, 0.2) is 36.4 Å². The van der Waals surface area contributed by atoms with E-state index in [0.717, 1.165) is 24.5 Å². The summed E-state index contributed by atoms with van der Waals surface area (Å²) in [6, 6.07) is 9.03. The molecule has 0 aliphatic carbocycles. The summed E-state index contributed by atoms with van der Waals surface area (Å²) in [4.78, 5) is 0. The number of benzene rings is 2. The van der Waals surface area contributed by atoms with E-state index in [0.29, 0.717) is 41.5 Å². The van der Waals surface area contributed by atoms with Crippen molar-refractivity contribution in [2.75, 3.05) is 26.1 Å². The number of methoxy groups -OCH3 is 2. The van der Waals surface area contributed by atoms with E-state index in [1.54, 1.807) is 18.2 Å². The van der Waals surface area contributed by atoms with Crippen molar-refractivity contribution in [3.05, 3.63) is 52.5 Å². The molecule has 2 heterocycles. The van der Waals surface area contributed by atoms with Gasteiger partial charge in [-0.15, -0.1) is 0 Å². The van der Waals surface area contributed by atoms with Crippen LogP contribution in [-0.2, 0) is 12.6 Å². The van der Waals surface area contributed by atoms with Gasteiger partial charge in [0.15, 0.2) is 0 Å². The van der Waals surface area contributed by atoms with E-state index in [2.05, 4.69) is 10.4 Å². The molecule has 0 saturated heterocycles. The molecule has 0 fully saturated rings. The molecule has 0 spiro atoms. The highest BCUT2D eigenvalue weighted by Gasteiger charge is 2.36. The number of ether oxygens (including phenoxy) is 2. The first kappa shape index (κ1) is 21.4. The first-order chi connectivity index (χ1) is 14.8. The molecular weight excluding hydrogens is 431 g/mol. The topological polar surface area (TPSA) is 48.3 Å². The fourth-order valence-electron chi connectivity index (χ4n) is 3.88. The summed E-state index contributed by atoms with van der Waals surface area (Å²) in [5, 5.41) is 7.92. The maximum Gasteiger partial charge on any atom is 0.418 e. The number of aromatic nitrogens is 2. The molecule has 164 valence electrons. The number of hydrogen-bond acceptors (Lipinski definition) is 4. The molecule has 0 amide bonds. The number of nitrogens with one attached hydrogen (secondary N) is 1. The largest absolute Gasteiger partial charge is 0.496 e. The van der Waals surface area contributed by atoms with Crippen LogP contribution in [0.4, 0.5) is 19.0 Å². The molecule has 0 unspecified atom stereocenters. The van der Waals surface area contributed by atoms with Crippen LogP contribution in [0, 0.1) is 0 Å². The van der Waals surface area contributed by atoms with E-state index in [1.807, 2.05) is 0 Å². The monoisotopic (exact) mass is 451 g/mol. The molecular formula is C22H21ClF3N3O2. The summed E-state index contributed by atoms with van der Waals surface area (Å²) in [6.07, 6.45) is -2.16. The van der Waals surface area contributed by atoms with Gasteiger partial charge >= 0.3 is 6.18 Å². The normalized spacial score (nSPS) is 13.9. The summed E-state index contributed by atoms with van der Waals surface area (Å²) in [5.74, 6) is 1.60. The van der Waals surface area contributed by atoms with Crippen LogP contribution in [0.1, 0.15) is 24.0 Å². The molecule has 0 atom stereocenters. The summed E-state index contributed by atoms with van der Waals surface area (Å²) in [5.41, 5.74) is 1.01. The van der Waals surface area contributed by atoms with E-state index in [-0.39, 0.29) is 10.7 Å². The van der Waals surface area contributed by atoms with Gasteiger partial charge in [0.2, 0.25) is 0 Å². The molecule has 3 aromatic rings. The molecule has 1 aromatic heterocycles. The molecule has 1 aliphatic rings. The lowest BCUT2D eigenvalue weighted by molar-refractivity contribution is -0.137. The molecule has 0 bridgehead atoms. The van der Waals surface area contributed by atoms with Gasteiger partial charge in [-0.3, -0.25) is 0 Å². The van der Waals surface area contributed by atoms with Crippen molar-refractivity contribution in [1.29, 1.82) is 0 Å². The Morgan fingerprint density at radius 1 is 1.06 bits per heavy atom. The van der Waals surface area contributed by atoms with Crippen molar-refractivity contribution in [3.8, 4) is 28.4 Å². The predicted molar refractivity (Wildman–Crippen MR) is 114 cm³/mol. The third-order valence-electron chi connectivity index (χ3n) is 5.29. The van der Waals surface area contributed by atoms with Crippen molar-refractivity contribution in [3.63, 3.8) is 0 Å². The molecule has 31 heavy (non-hydrogen) atoms. The molecule has 1 aliphatic heterocycles. The van der Waals surface area contributed by atoms with E-state index >= 15 is 0 Å². The number of hydrogen-bond donors (Lipinski definition) is 1. The highest BCUT2D eigenvalue weighted by molar-refractivity contribution is 6.30. The van der Waals surface area contributed by atoms with Gasteiger partial charge in [0.05, 0.1) is 31.0 Å². The van der Waals surface area contributed by atoms with Gasteiger partial charge in [-0.05, 0) is 49.6 Å². The Hall–Kier alpha value is -2.87. The zero-order chi connectivity index (χ0) is 22.2. The van der Waals surface area contributed by atoms with E-state index < -0.39 is 11.7 Å². The number of rotatable bonds is 4. The van der Waals surface area contributed by atoms with Gasteiger partial charge in [0, 0.05) is 17.1 Å². The maximum absolute atomic E-state index is 13.8. The van der Waals surface area contributed by atoms with Crippen molar-refractivity contribution in [2.24, 2.45) is 0 Å². The van der Waals surface area contributed by atoms with Crippen LogP contribution >= 0.6 is 11.6 Å². The average Bonchev–Trinajstić information content (AvgIpc) is 2.92. The number of anilines is 1.